The van der Waals surface area contributed by atoms with E-state index in [1.165, 1.54) is 17.2 Å². The van der Waals surface area contributed by atoms with Crippen molar-refractivity contribution in [2.45, 2.75) is 12.8 Å². The minimum atomic E-state index is -0.901. The third-order valence-corrected chi connectivity index (χ3v) is 3.36. The summed E-state index contributed by atoms with van der Waals surface area (Å²) in [5.41, 5.74) is -0.389. The Labute approximate surface area is 114 Å². The van der Waals surface area contributed by atoms with Gasteiger partial charge in [-0.05, 0) is 24.8 Å². The number of aromatic nitrogens is 2. The molecular formula is C12H16N4O4. The minimum absolute atomic E-state index is 0.174. The Bertz CT molecular complexity index is 548. The first-order chi connectivity index (χ1) is 9.56. The van der Waals surface area contributed by atoms with Crippen LogP contribution in [-0.4, -0.2) is 51.6 Å². The summed E-state index contributed by atoms with van der Waals surface area (Å²) in [5.74, 6) is -0.103. The van der Waals surface area contributed by atoms with Gasteiger partial charge in [0.05, 0.1) is 0 Å². The van der Waals surface area contributed by atoms with E-state index < -0.39 is 11.8 Å². The molecule has 0 radical (unpaired) electrons. The van der Waals surface area contributed by atoms with Crippen LogP contribution >= 0.6 is 0 Å². The van der Waals surface area contributed by atoms with Crippen molar-refractivity contribution < 1.29 is 14.7 Å². The molecule has 1 aromatic rings. The normalized spacial score (nSPS) is 15.9. The number of amides is 2. The summed E-state index contributed by atoms with van der Waals surface area (Å²) < 4.78 is 0. The number of hydrogen-bond acceptors (Lipinski definition) is 4. The van der Waals surface area contributed by atoms with Crippen molar-refractivity contribution in [3.8, 4) is 0 Å². The lowest BCUT2D eigenvalue weighted by Crippen LogP contribution is -2.41. The molecule has 1 fully saturated rings. The van der Waals surface area contributed by atoms with Crippen molar-refractivity contribution in [2.75, 3.05) is 19.6 Å². The quantitative estimate of drug-likeness (QED) is 0.714. The number of piperidine rings is 1. The zero-order valence-electron chi connectivity index (χ0n) is 10.8. The summed E-state index contributed by atoms with van der Waals surface area (Å²) in [4.78, 5) is 40.7. The Morgan fingerprint density at radius 1 is 1.45 bits per heavy atom. The maximum absolute atomic E-state index is 11.8. The Morgan fingerprint density at radius 2 is 2.15 bits per heavy atom. The second-order valence-electron chi connectivity index (χ2n) is 4.71. The fourth-order valence-corrected chi connectivity index (χ4v) is 2.16. The maximum atomic E-state index is 11.8. The summed E-state index contributed by atoms with van der Waals surface area (Å²) >= 11 is 0. The molecule has 0 atom stereocenters. The van der Waals surface area contributed by atoms with Crippen LogP contribution < -0.4 is 11.0 Å². The van der Waals surface area contributed by atoms with Crippen molar-refractivity contribution in [1.82, 2.24) is 20.2 Å². The van der Waals surface area contributed by atoms with Gasteiger partial charge in [-0.3, -0.25) is 4.79 Å². The number of carbonyl (C=O) groups excluding carboxylic acids is 1. The minimum Gasteiger partial charge on any atom is -0.465 e. The van der Waals surface area contributed by atoms with Gasteiger partial charge in [0.1, 0.15) is 5.69 Å². The second-order valence-corrected chi connectivity index (χ2v) is 4.71. The smallest absolute Gasteiger partial charge is 0.407 e. The average Bonchev–Trinajstić information content (AvgIpc) is 2.45. The molecule has 2 amide bonds. The van der Waals surface area contributed by atoms with Gasteiger partial charge in [0, 0.05) is 25.8 Å². The molecule has 0 aliphatic carbocycles. The third kappa shape index (κ3) is 3.56. The SMILES string of the molecule is O=C(NCC1CCN(C(=O)O)CC1)c1ccnc(=O)[nH]1. The van der Waals surface area contributed by atoms with Crippen molar-refractivity contribution in [1.29, 1.82) is 0 Å². The molecule has 8 heteroatoms. The number of aromatic amines is 1. The standard InChI is InChI=1S/C12H16N4O4/c17-10(9-1-4-13-11(18)15-9)14-7-8-2-5-16(6-3-8)12(19)20/h1,4,8H,2-3,5-7H2,(H,14,17)(H,19,20)(H,13,15,18). The Hall–Kier alpha value is -2.38. The molecule has 1 aliphatic rings. The fraction of sp³-hybridized carbons (Fsp3) is 0.500. The van der Waals surface area contributed by atoms with Gasteiger partial charge < -0.3 is 20.3 Å². The number of likely N-dealkylation sites (tertiary alicyclic amines) is 1. The molecule has 1 saturated heterocycles. The van der Waals surface area contributed by atoms with E-state index in [9.17, 15) is 14.4 Å². The highest BCUT2D eigenvalue weighted by atomic mass is 16.4. The van der Waals surface area contributed by atoms with Gasteiger partial charge in [0.15, 0.2) is 0 Å². The Kier molecular flexibility index (Phi) is 4.34. The van der Waals surface area contributed by atoms with Gasteiger partial charge in [-0.25, -0.2) is 14.6 Å². The predicted octanol–water partition coefficient (Wildman–Crippen LogP) is -0.110. The molecule has 0 unspecified atom stereocenters. The molecule has 2 heterocycles. The third-order valence-electron chi connectivity index (χ3n) is 3.36. The first kappa shape index (κ1) is 14.0. The van der Waals surface area contributed by atoms with Crippen LogP contribution in [0.3, 0.4) is 0 Å². The summed E-state index contributed by atoms with van der Waals surface area (Å²) in [7, 11) is 0. The molecule has 2 rings (SSSR count). The van der Waals surface area contributed by atoms with E-state index in [-0.39, 0.29) is 17.5 Å². The number of hydrogen-bond donors (Lipinski definition) is 3. The molecule has 1 aromatic heterocycles. The average molecular weight is 280 g/mol. The van der Waals surface area contributed by atoms with Crippen LogP contribution in [0.1, 0.15) is 23.3 Å². The van der Waals surface area contributed by atoms with Crippen LogP contribution in [0.4, 0.5) is 4.79 Å². The fourth-order valence-electron chi connectivity index (χ4n) is 2.16. The summed E-state index contributed by atoms with van der Waals surface area (Å²) in [6.45, 7) is 1.45. The van der Waals surface area contributed by atoms with Gasteiger partial charge >= 0.3 is 11.8 Å². The molecule has 108 valence electrons. The van der Waals surface area contributed by atoms with E-state index in [2.05, 4.69) is 15.3 Å². The number of carbonyl (C=O) groups is 2. The van der Waals surface area contributed by atoms with Gasteiger partial charge in [-0.15, -0.1) is 0 Å². The topological polar surface area (TPSA) is 115 Å². The zero-order chi connectivity index (χ0) is 14.5. The van der Waals surface area contributed by atoms with E-state index in [0.717, 1.165) is 12.8 Å². The van der Waals surface area contributed by atoms with Crippen molar-refractivity contribution in [2.24, 2.45) is 5.92 Å². The lowest BCUT2D eigenvalue weighted by Gasteiger charge is -2.29. The van der Waals surface area contributed by atoms with E-state index in [1.807, 2.05) is 0 Å². The number of nitrogens with one attached hydrogen (secondary N) is 2. The van der Waals surface area contributed by atoms with Crippen molar-refractivity contribution in [3.05, 3.63) is 28.4 Å². The molecule has 3 N–H and O–H groups in total. The lowest BCUT2D eigenvalue weighted by atomic mass is 9.97. The van der Waals surface area contributed by atoms with E-state index in [0.29, 0.717) is 19.6 Å². The van der Waals surface area contributed by atoms with Gasteiger partial charge in [0.2, 0.25) is 0 Å². The lowest BCUT2D eigenvalue weighted by molar-refractivity contribution is 0.0923. The van der Waals surface area contributed by atoms with Crippen molar-refractivity contribution >= 4 is 12.0 Å². The van der Waals surface area contributed by atoms with Crippen molar-refractivity contribution in [3.63, 3.8) is 0 Å². The monoisotopic (exact) mass is 280 g/mol. The molecule has 0 aromatic carbocycles. The summed E-state index contributed by atoms with van der Waals surface area (Å²) in [5, 5.41) is 11.6. The highest BCUT2D eigenvalue weighted by Crippen LogP contribution is 2.16. The van der Waals surface area contributed by atoms with Gasteiger partial charge in [0.25, 0.3) is 5.91 Å². The van der Waals surface area contributed by atoms with Crippen LogP contribution in [0, 0.1) is 5.92 Å². The number of nitrogens with zero attached hydrogens (tertiary/aromatic N) is 2. The Balaban J connectivity index is 1.80. The maximum Gasteiger partial charge on any atom is 0.407 e. The number of carboxylic acid groups (broad SMARTS) is 1. The summed E-state index contributed by atoms with van der Waals surface area (Å²) in [6.07, 6.45) is 1.82. The number of rotatable bonds is 3. The van der Waals surface area contributed by atoms with Crippen LogP contribution in [-0.2, 0) is 0 Å². The molecule has 0 spiro atoms. The Morgan fingerprint density at radius 3 is 2.75 bits per heavy atom. The van der Waals surface area contributed by atoms with Crippen LogP contribution in [0.25, 0.3) is 0 Å². The van der Waals surface area contributed by atoms with Crippen LogP contribution in [0.2, 0.25) is 0 Å². The summed E-state index contributed by atoms with van der Waals surface area (Å²) in [6, 6.07) is 1.43. The number of H-pyrrole nitrogens is 1. The molecular weight excluding hydrogens is 264 g/mol. The zero-order valence-corrected chi connectivity index (χ0v) is 10.8. The first-order valence-corrected chi connectivity index (χ1v) is 6.37. The molecule has 0 saturated carbocycles. The van der Waals surface area contributed by atoms with E-state index >= 15 is 0 Å². The van der Waals surface area contributed by atoms with E-state index in [1.54, 1.807) is 0 Å². The van der Waals surface area contributed by atoms with Crippen LogP contribution in [0.5, 0.6) is 0 Å². The molecule has 8 nitrogen and oxygen atoms in total. The first-order valence-electron chi connectivity index (χ1n) is 6.37. The van der Waals surface area contributed by atoms with Crippen LogP contribution in [0.15, 0.2) is 17.1 Å². The van der Waals surface area contributed by atoms with Gasteiger partial charge in [-0.2, -0.15) is 0 Å². The largest absolute Gasteiger partial charge is 0.465 e. The molecule has 20 heavy (non-hydrogen) atoms. The van der Waals surface area contributed by atoms with Gasteiger partial charge in [-0.1, -0.05) is 0 Å². The molecule has 0 bridgehead atoms. The van der Waals surface area contributed by atoms with E-state index in [4.69, 9.17) is 5.11 Å². The predicted molar refractivity (Wildman–Crippen MR) is 69.5 cm³/mol. The molecule has 1 aliphatic heterocycles. The second kappa shape index (κ2) is 6.18. The highest BCUT2D eigenvalue weighted by molar-refractivity contribution is 5.92. The highest BCUT2D eigenvalue weighted by Gasteiger charge is 2.22.